The number of hydrogen-bond acceptors (Lipinski definition) is 3. The van der Waals surface area contributed by atoms with E-state index in [1.54, 1.807) is 12.5 Å². The quantitative estimate of drug-likeness (QED) is 0.605. The second-order valence-electron chi connectivity index (χ2n) is 6.82. The minimum absolute atomic E-state index is 0.0485. The zero-order valence-electron chi connectivity index (χ0n) is 14.3. The van der Waals surface area contributed by atoms with Crippen LogP contribution in [0.5, 0.6) is 0 Å². The number of furan rings is 1. The molecule has 5 heteroatoms. The zero-order chi connectivity index (χ0) is 17.5. The van der Waals surface area contributed by atoms with Crippen LogP contribution >= 0.6 is 0 Å². The van der Waals surface area contributed by atoms with Crippen molar-refractivity contribution in [1.82, 2.24) is 14.9 Å². The fraction of sp³-hybridized carbons (Fsp3) is 0.238. The molecular weight excluding hydrogens is 326 g/mol. The van der Waals surface area contributed by atoms with Gasteiger partial charge in [0, 0.05) is 29.9 Å². The Labute approximate surface area is 150 Å². The van der Waals surface area contributed by atoms with Gasteiger partial charge in [0.1, 0.15) is 11.4 Å². The van der Waals surface area contributed by atoms with E-state index in [2.05, 4.69) is 28.2 Å². The first-order chi connectivity index (χ1) is 12.8. The van der Waals surface area contributed by atoms with E-state index < -0.39 is 0 Å². The van der Waals surface area contributed by atoms with Crippen molar-refractivity contribution in [3.05, 3.63) is 66.4 Å². The Balaban J connectivity index is 1.49. The molecule has 130 valence electrons. The summed E-state index contributed by atoms with van der Waals surface area (Å²) in [5.41, 5.74) is 1.78. The van der Waals surface area contributed by atoms with E-state index >= 15 is 0 Å². The standard InChI is InChI=1S/C21H19N3O2/c25-19(24-11-3-6-17(24)21-22-9-10-23-21)12-15-13-26-18-8-7-14-4-1-2-5-16(14)20(15)18/h1-2,4-5,7-10,13,17H,3,6,11-12H2,(H,22,23)/t17-/m1/s1. The average Bonchev–Trinajstić information content (AvgIpc) is 3.41. The second-order valence-corrected chi connectivity index (χ2v) is 6.82. The summed E-state index contributed by atoms with van der Waals surface area (Å²) in [7, 11) is 0. The van der Waals surface area contributed by atoms with Crippen LogP contribution in [0.2, 0.25) is 0 Å². The van der Waals surface area contributed by atoms with Crippen molar-refractivity contribution < 1.29 is 9.21 Å². The molecule has 1 saturated heterocycles. The molecule has 0 saturated carbocycles. The van der Waals surface area contributed by atoms with Gasteiger partial charge in [0.15, 0.2) is 0 Å². The number of rotatable bonds is 3. The van der Waals surface area contributed by atoms with E-state index in [9.17, 15) is 4.79 Å². The van der Waals surface area contributed by atoms with E-state index in [-0.39, 0.29) is 11.9 Å². The molecule has 3 heterocycles. The Morgan fingerprint density at radius 1 is 1.27 bits per heavy atom. The third-order valence-corrected chi connectivity index (χ3v) is 5.29. The van der Waals surface area contributed by atoms with E-state index in [0.29, 0.717) is 6.42 Å². The van der Waals surface area contributed by atoms with Crippen LogP contribution in [0.3, 0.4) is 0 Å². The van der Waals surface area contributed by atoms with E-state index in [4.69, 9.17) is 4.42 Å². The lowest BCUT2D eigenvalue weighted by atomic mass is 10.0. The van der Waals surface area contributed by atoms with Gasteiger partial charge in [-0.1, -0.05) is 30.3 Å². The molecule has 4 aromatic rings. The van der Waals surface area contributed by atoms with Crippen LogP contribution in [0.4, 0.5) is 0 Å². The summed E-state index contributed by atoms with van der Waals surface area (Å²) < 4.78 is 5.73. The number of nitrogens with zero attached hydrogens (tertiary/aromatic N) is 2. The number of amides is 1. The topological polar surface area (TPSA) is 62.1 Å². The monoisotopic (exact) mass is 345 g/mol. The number of aromatic amines is 1. The van der Waals surface area contributed by atoms with Crippen LogP contribution in [0.1, 0.15) is 30.3 Å². The number of hydrogen-bond donors (Lipinski definition) is 1. The lowest BCUT2D eigenvalue weighted by Crippen LogP contribution is -2.32. The lowest BCUT2D eigenvalue weighted by molar-refractivity contribution is -0.131. The van der Waals surface area contributed by atoms with Gasteiger partial charge in [0.25, 0.3) is 0 Å². The molecule has 0 spiro atoms. The molecule has 26 heavy (non-hydrogen) atoms. The fourth-order valence-corrected chi connectivity index (χ4v) is 4.08. The van der Waals surface area contributed by atoms with Crippen LogP contribution in [0.25, 0.3) is 21.7 Å². The Bertz CT molecular complexity index is 1080. The van der Waals surface area contributed by atoms with Crippen LogP contribution in [-0.2, 0) is 11.2 Å². The molecule has 5 rings (SSSR count). The minimum Gasteiger partial charge on any atom is -0.464 e. The highest BCUT2D eigenvalue weighted by Gasteiger charge is 2.31. The molecule has 0 aliphatic carbocycles. The molecule has 0 bridgehead atoms. The third-order valence-electron chi connectivity index (χ3n) is 5.29. The Kier molecular flexibility index (Phi) is 3.52. The molecule has 2 aromatic heterocycles. The number of fused-ring (bicyclic) bond motifs is 3. The normalized spacial score (nSPS) is 17.4. The van der Waals surface area contributed by atoms with Crippen LogP contribution in [0, 0.1) is 0 Å². The molecule has 1 N–H and O–H groups in total. The van der Waals surface area contributed by atoms with E-state index in [1.165, 1.54) is 0 Å². The van der Waals surface area contributed by atoms with Gasteiger partial charge >= 0.3 is 0 Å². The highest BCUT2D eigenvalue weighted by Crippen LogP contribution is 2.33. The summed E-state index contributed by atoms with van der Waals surface area (Å²) in [4.78, 5) is 22.5. The molecule has 2 aromatic carbocycles. The molecule has 0 radical (unpaired) electrons. The van der Waals surface area contributed by atoms with Gasteiger partial charge in [-0.3, -0.25) is 4.79 Å². The van der Waals surface area contributed by atoms with Crippen molar-refractivity contribution in [2.24, 2.45) is 0 Å². The largest absolute Gasteiger partial charge is 0.464 e. The molecule has 1 aliphatic heterocycles. The molecule has 1 fully saturated rings. The van der Waals surface area contributed by atoms with Crippen LogP contribution < -0.4 is 0 Å². The van der Waals surface area contributed by atoms with Gasteiger partial charge < -0.3 is 14.3 Å². The predicted molar refractivity (Wildman–Crippen MR) is 99.7 cm³/mol. The molecule has 5 nitrogen and oxygen atoms in total. The van der Waals surface area contributed by atoms with Crippen LogP contribution in [0.15, 0.2) is 59.5 Å². The van der Waals surface area contributed by atoms with Crippen molar-refractivity contribution in [3.63, 3.8) is 0 Å². The van der Waals surface area contributed by atoms with Crippen molar-refractivity contribution in [2.75, 3.05) is 6.54 Å². The summed E-state index contributed by atoms with van der Waals surface area (Å²) in [6.45, 7) is 0.779. The summed E-state index contributed by atoms with van der Waals surface area (Å²) in [5.74, 6) is 0.998. The summed E-state index contributed by atoms with van der Waals surface area (Å²) in [5, 5.41) is 3.33. The summed E-state index contributed by atoms with van der Waals surface area (Å²) in [6, 6.07) is 12.3. The highest BCUT2D eigenvalue weighted by atomic mass is 16.3. The number of benzene rings is 2. The lowest BCUT2D eigenvalue weighted by Gasteiger charge is -2.23. The first-order valence-electron chi connectivity index (χ1n) is 8.98. The third kappa shape index (κ3) is 2.39. The van der Waals surface area contributed by atoms with E-state index in [1.807, 2.05) is 29.3 Å². The number of H-pyrrole nitrogens is 1. The van der Waals surface area contributed by atoms with Gasteiger partial charge in [-0.25, -0.2) is 4.98 Å². The number of nitrogens with one attached hydrogen (secondary N) is 1. The molecular formula is C21H19N3O2. The van der Waals surface area contributed by atoms with Gasteiger partial charge in [0.05, 0.1) is 18.7 Å². The Hall–Kier alpha value is -3.08. The maximum absolute atomic E-state index is 13.0. The smallest absolute Gasteiger partial charge is 0.227 e. The van der Waals surface area contributed by atoms with Crippen molar-refractivity contribution in [3.8, 4) is 0 Å². The number of likely N-dealkylation sites (tertiary alicyclic amines) is 1. The van der Waals surface area contributed by atoms with Gasteiger partial charge in [-0.2, -0.15) is 0 Å². The average molecular weight is 345 g/mol. The van der Waals surface area contributed by atoms with E-state index in [0.717, 1.165) is 52.5 Å². The fourth-order valence-electron chi connectivity index (χ4n) is 4.08. The minimum atomic E-state index is 0.0485. The SMILES string of the molecule is O=C(Cc1coc2ccc3ccccc3c12)N1CCC[C@@H]1c1ncc[nH]1. The van der Waals surface area contributed by atoms with Crippen LogP contribution in [-0.4, -0.2) is 27.3 Å². The zero-order valence-corrected chi connectivity index (χ0v) is 14.3. The molecule has 0 unspecified atom stereocenters. The van der Waals surface area contributed by atoms with Gasteiger partial charge in [-0.15, -0.1) is 0 Å². The molecule has 1 atom stereocenters. The summed E-state index contributed by atoms with van der Waals surface area (Å²) in [6.07, 6.45) is 7.59. The maximum atomic E-state index is 13.0. The predicted octanol–water partition coefficient (Wildman–Crippen LogP) is 4.22. The van der Waals surface area contributed by atoms with Gasteiger partial charge in [0.2, 0.25) is 5.91 Å². The number of carbonyl (C=O) groups excluding carboxylic acids is 1. The molecule has 1 aliphatic rings. The Morgan fingerprint density at radius 3 is 3.08 bits per heavy atom. The van der Waals surface area contributed by atoms with Crippen molar-refractivity contribution in [1.29, 1.82) is 0 Å². The number of imidazole rings is 1. The first kappa shape index (κ1) is 15.2. The van der Waals surface area contributed by atoms with Crippen molar-refractivity contribution >= 4 is 27.6 Å². The van der Waals surface area contributed by atoms with Crippen molar-refractivity contribution in [2.45, 2.75) is 25.3 Å². The Morgan fingerprint density at radius 2 is 2.19 bits per heavy atom. The first-order valence-corrected chi connectivity index (χ1v) is 8.98. The molecule has 1 amide bonds. The number of carbonyl (C=O) groups is 1. The summed E-state index contributed by atoms with van der Waals surface area (Å²) >= 11 is 0. The maximum Gasteiger partial charge on any atom is 0.227 e. The van der Waals surface area contributed by atoms with Gasteiger partial charge in [-0.05, 0) is 29.7 Å². The highest BCUT2D eigenvalue weighted by molar-refractivity contribution is 6.08. The number of aromatic nitrogens is 2. The second kappa shape index (κ2) is 6.02.